The Kier molecular flexibility index (Phi) is 5.05. The first-order valence-electron chi connectivity index (χ1n) is 7.72. The minimum Gasteiger partial charge on any atom is -0.383 e. The zero-order chi connectivity index (χ0) is 16.9. The van der Waals surface area contributed by atoms with Crippen LogP contribution in [0.4, 0.5) is 17.3 Å². The zero-order valence-electron chi connectivity index (χ0n) is 13.3. The lowest BCUT2D eigenvalue weighted by Gasteiger charge is -2.36. The van der Waals surface area contributed by atoms with Crippen molar-refractivity contribution in [1.82, 2.24) is 14.9 Å². The average molecular weight is 344 g/mol. The molecule has 1 aromatic carbocycles. The van der Waals surface area contributed by atoms with E-state index in [1.807, 2.05) is 23.1 Å². The summed E-state index contributed by atoms with van der Waals surface area (Å²) in [5.41, 5.74) is 12.5. The van der Waals surface area contributed by atoms with Crippen LogP contribution in [0, 0.1) is 0 Å². The van der Waals surface area contributed by atoms with Crippen LogP contribution in [0.25, 0.3) is 0 Å². The van der Waals surface area contributed by atoms with Crippen molar-refractivity contribution in [3.63, 3.8) is 0 Å². The number of rotatable bonds is 4. The number of para-hydroxylation sites is 1. The molecule has 2 aromatic rings. The minimum atomic E-state index is 0.0808. The van der Waals surface area contributed by atoms with Gasteiger partial charge in [-0.1, -0.05) is 30.0 Å². The average Bonchev–Trinajstić information content (AvgIpc) is 2.60. The Hall–Kier alpha value is -2.48. The molecule has 1 aliphatic rings. The summed E-state index contributed by atoms with van der Waals surface area (Å²) in [5.74, 6) is 0.994. The number of benzene rings is 1. The molecule has 7 nitrogen and oxygen atoms in total. The molecule has 0 atom stereocenters. The third kappa shape index (κ3) is 4.08. The molecule has 24 heavy (non-hydrogen) atoms. The summed E-state index contributed by atoms with van der Waals surface area (Å²) in [4.78, 5) is 24.7. The first-order valence-corrected chi connectivity index (χ1v) is 8.71. The normalized spacial score (nSPS) is 14.7. The monoisotopic (exact) mass is 344 g/mol. The van der Waals surface area contributed by atoms with Gasteiger partial charge in [-0.25, -0.2) is 9.97 Å². The Labute approximate surface area is 145 Å². The molecule has 0 unspecified atom stereocenters. The number of nitrogen functional groups attached to an aromatic ring is 2. The van der Waals surface area contributed by atoms with E-state index in [1.165, 1.54) is 23.5 Å². The van der Waals surface area contributed by atoms with Crippen molar-refractivity contribution in [2.45, 2.75) is 5.16 Å². The molecule has 0 bridgehead atoms. The number of thioether (sulfide) groups is 1. The number of nitrogens with two attached hydrogens (primary N) is 2. The highest BCUT2D eigenvalue weighted by Gasteiger charge is 2.21. The molecule has 126 valence electrons. The third-order valence-electron chi connectivity index (χ3n) is 3.82. The number of carbonyl (C=O) groups excluding carboxylic acids is 1. The molecule has 1 amide bonds. The molecule has 8 heteroatoms. The molecule has 2 heterocycles. The Bertz CT molecular complexity index is 683. The summed E-state index contributed by atoms with van der Waals surface area (Å²) in [6, 6.07) is 11.7. The molecule has 0 spiro atoms. The van der Waals surface area contributed by atoms with Crippen LogP contribution in [0.3, 0.4) is 0 Å². The standard InChI is InChI=1S/C16H20N6OS/c17-13-10-14(18)20-16(19-13)24-11-15(23)22-8-6-21(7-9-22)12-4-2-1-3-5-12/h1-5,10H,6-9,11H2,(H4,17,18,19,20). The smallest absolute Gasteiger partial charge is 0.233 e. The lowest BCUT2D eigenvalue weighted by atomic mass is 10.2. The van der Waals surface area contributed by atoms with Gasteiger partial charge >= 0.3 is 0 Å². The molecule has 1 fully saturated rings. The summed E-state index contributed by atoms with van der Waals surface area (Å²) in [7, 11) is 0. The quantitative estimate of drug-likeness (QED) is 0.632. The molecule has 0 saturated carbocycles. The minimum absolute atomic E-state index is 0.0808. The van der Waals surface area contributed by atoms with Crippen LogP contribution in [0.15, 0.2) is 41.6 Å². The van der Waals surface area contributed by atoms with E-state index in [0.29, 0.717) is 29.9 Å². The van der Waals surface area contributed by atoms with Crippen LogP contribution in [0.2, 0.25) is 0 Å². The Morgan fingerprint density at radius 3 is 2.29 bits per heavy atom. The van der Waals surface area contributed by atoms with Gasteiger partial charge in [0.15, 0.2) is 5.16 Å². The summed E-state index contributed by atoms with van der Waals surface area (Å²) < 4.78 is 0. The van der Waals surface area contributed by atoms with Crippen LogP contribution in [-0.2, 0) is 4.79 Å². The summed E-state index contributed by atoms with van der Waals surface area (Å²) >= 11 is 1.26. The predicted molar refractivity (Wildman–Crippen MR) is 96.8 cm³/mol. The first kappa shape index (κ1) is 16.4. The van der Waals surface area contributed by atoms with E-state index in [0.717, 1.165) is 13.1 Å². The molecular formula is C16H20N6OS. The maximum atomic E-state index is 12.4. The third-order valence-corrected chi connectivity index (χ3v) is 4.66. The molecular weight excluding hydrogens is 324 g/mol. The topological polar surface area (TPSA) is 101 Å². The number of hydrogen-bond acceptors (Lipinski definition) is 7. The van der Waals surface area contributed by atoms with Crippen LogP contribution in [0.1, 0.15) is 0 Å². The van der Waals surface area contributed by atoms with Gasteiger partial charge in [0.2, 0.25) is 5.91 Å². The second kappa shape index (κ2) is 7.39. The number of amides is 1. The van der Waals surface area contributed by atoms with Gasteiger partial charge in [-0.15, -0.1) is 0 Å². The van der Waals surface area contributed by atoms with Gasteiger partial charge in [-0.05, 0) is 12.1 Å². The maximum Gasteiger partial charge on any atom is 0.233 e. The van der Waals surface area contributed by atoms with Gasteiger partial charge in [0.1, 0.15) is 11.6 Å². The van der Waals surface area contributed by atoms with E-state index in [2.05, 4.69) is 27.0 Å². The van der Waals surface area contributed by atoms with Crippen molar-refractivity contribution >= 4 is 35.0 Å². The van der Waals surface area contributed by atoms with Crippen molar-refractivity contribution in [2.75, 3.05) is 48.3 Å². The highest BCUT2D eigenvalue weighted by molar-refractivity contribution is 7.99. The van der Waals surface area contributed by atoms with E-state index in [4.69, 9.17) is 11.5 Å². The Balaban J connectivity index is 1.50. The molecule has 1 aliphatic heterocycles. The number of nitrogens with zero attached hydrogens (tertiary/aromatic N) is 4. The predicted octanol–water partition coefficient (Wildman–Crippen LogP) is 1.08. The lowest BCUT2D eigenvalue weighted by Crippen LogP contribution is -2.49. The highest BCUT2D eigenvalue weighted by atomic mass is 32.2. The van der Waals surface area contributed by atoms with E-state index in [-0.39, 0.29) is 11.7 Å². The molecule has 0 aliphatic carbocycles. The van der Waals surface area contributed by atoms with Crippen LogP contribution < -0.4 is 16.4 Å². The summed E-state index contributed by atoms with van der Waals surface area (Å²) in [6.07, 6.45) is 0. The number of hydrogen-bond donors (Lipinski definition) is 2. The number of aromatic nitrogens is 2. The van der Waals surface area contributed by atoms with Gasteiger partial charge < -0.3 is 21.3 Å². The SMILES string of the molecule is Nc1cc(N)nc(SCC(=O)N2CCN(c3ccccc3)CC2)n1. The van der Waals surface area contributed by atoms with E-state index < -0.39 is 0 Å². The Morgan fingerprint density at radius 1 is 1.04 bits per heavy atom. The van der Waals surface area contributed by atoms with E-state index in [9.17, 15) is 4.79 Å². The number of carbonyl (C=O) groups is 1. The molecule has 4 N–H and O–H groups in total. The van der Waals surface area contributed by atoms with Gasteiger partial charge in [0, 0.05) is 37.9 Å². The fraction of sp³-hybridized carbons (Fsp3) is 0.312. The van der Waals surface area contributed by atoms with Crippen molar-refractivity contribution in [3.05, 3.63) is 36.4 Å². The fourth-order valence-electron chi connectivity index (χ4n) is 2.60. The molecule has 0 radical (unpaired) electrons. The van der Waals surface area contributed by atoms with Gasteiger partial charge in [0.25, 0.3) is 0 Å². The van der Waals surface area contributed by atoms with E-state index in [1.54, 1.807) is 0 Å². The Morgan fingerprint density at radius 2 is 1.67 bits per heavy atom. The van der Waals surface area contributed by atoms with Crippen molar-refractivity contribution in [1.29, 1.82) is 0 Å². The summed E-state index contributed by atoms with van der Waals surface area (Å²) in [5, 5.41) is 0.434. The molecule has 1 saturated heterocycles. The number of piperazine rings is 1. The highest BCUT2D eigenvalue weighted by Crippen LogP contribution is 2.19. The second-order valence-corrected chi connectivity index (χ2v) is 6.43. The summed E-state index contributed by atoms with van der Waals surface area (Å²) in [6.45, 7) is 3.10. The first-order chi connectivity index (χ1) is 11.6. The van der Waals surface area contributed by atoms with Crippen LogP contribution in [-0.4, -0.2) is 52.7 Å². The number of anilines is 3. The lowest BCUT2D eigenvalue weighted by molar-refractivity contribution is -0.128. The van der Waals surface area contributed by atoms with Crippen LogP contribution >= 0.6 is 11.8 Å². The van der Waals surface area contributed by atoms with Crippen molar-refractivity contribution < 1.29 is 4.79 Å². The largest absolute Gasteiger partial charge is 0.383 e. The van der Waals surface area contributed by atoms with Gasteiger partial charge in [-0.3, -0.25) is 4.79 Å². The van der Waals surface area contributed by atoms with Crippen LogP contribution in [0.5, 0.6) is 0 Å². The second-order valence-electron chi connectivity index (χ2n) is 5.49. The van der Waals surface area contributed by atoms with Crippen molar-refractivity contribution in [3.8, 4) is 0 Å². The van der Waals surface area contributed by atoms with E-state index >= 15 is 0 Å². The van der Waals surface area contributed by atoms with Gasteiger partial charge in [-0.2, -0.15) is 0 Å². The molecule has 1 aromatic heterocycles. The maximum absolute atomic E-state index is 12.4. The van der Waals surface area contributed by atoms with Crippen molar-refractivity contribution in [2.24, 2.45) is 0 Å². The molecule has 3 rings (SSSR count). The fourth-order valence-corrected chi connectivity index (χ4v) is 3.37. The van der Waals surface area contributed by atoms with Gasteiger partial charge in [0.05, 0.1) is 5.75 Å². The zero-order valence-corrected chi connectivity index (χ0v) is 14.1.